The highest BCUT2D eigenvalue weighted by Gasteiger charge is 2.43. The largest absolute Gasteiger partial charge is 0.325 e. The molecule has 2 unspecified atom stereocenters. The molecule has 1 heterocycles. The van der Waals surface area contributed by atoms with E-state index < -0.39 is 0 Å². The van der Waals surface area contributed by atoms with Crippen LogP contribution in [0.15, 0.2) is 0 Å². The topological polar surface area (TPSA) is 32.3 Å². The summed E-state index contributed by atoms with van der Waals surface area (Å²) in [6.07, 6.45) is 6.38. The van der Waals surface area contributed by atoms with Crippen molar-refractivity contribution in [2.75, 3.05) is 6.54 Å². The zero-order valence-electron chi connectivity index (χ0n) is 13.9. The van der Waals surface area contributed by atoms with E-state index in [2.05, 4.69) is 44.8 Å². The molecule has 0 aromatic rings. The Bertz CT molecular complexity index is 345. The fourth-order valence-electron chi connectivity index (χ4n) is 3.87. The molecule has 2 aliphatic rings. The van der Waals surface area contributed by atoms with Crippen molar-refractivity contribution in [1.29, 1.82) is 0 Å². The van der Waals surface area contributed by atoms with Gasteiger partial charge in [-0.1, -0.05) is 47.5 Å². The smallest absolute Gasteiger partial charge is 0.241 e. The second kappa shape index (κ2) is 6.05. The molecule has 0 aromatic carbocycles. The van der Waals surface area contributed by atoms with E-state index in [9.17, 15) is 4.79 Å². The van der Waals surface area contributed by atoms with Gasteiger partial charge in [-0.25, -0.2) is 0 Å². The van der Waals surface area contributed by atoms with Gasteiger partial charge in [-0.2, -0.15) is 0 Å². The van der Waals surface area contributed by atoms with Gasteiger partial charge in [0.25, 0.3) is 0 Å². The maximum absolute atomic E-state index is 12.7. The number of hydrogen-bond acceptors (Lipinski definition) is 2. The van der Waals surface area contributed by atoms with Crippen LogP contribution in [0.1, 0.15) is 66.7 Å². The van der Waals surface area contributed by atoms with Crippen LogP contribution >= 0.6 is 0 Å². The van der Waals surface area contributed by atoms with Gasteiger partial charge in [0.2, 0.25) is 5.91 Å². The molecule has 0 aromatic heterocycles. The average molecular weight is 280 g/mol. The molecule has 20 heavy (non-hydrogen) atoms. The Labute approximate surface area is 124 Å². The van der Waals surface area contributed by atoms with E-state index in [-0.39, 0.29) is 12.2 Å². The molecule has 1 saturated heterocycles. The summed E-state index contributed by atoms with van der Waals surface area (Å²) < 4.78 is 0. The van der Waals surface area contributed by atoms with Crippen molar-refractivity contribution in [3.05, 3.63) is 0 Å². The second-order valence-electron chi connectivity index (χ2n) is 8.02. The Hall–Kier alpha value is -0.570. The average Bonchev–Trinajstić information content (AvgIpc) is 2.88. The summed E-state index contributed by atoms with van der Waals surface area (Å²) in [6.45, 7) is 12.1. The van der Waals surface area contributed by atoms with Gasteiger partial charge in [0.15, 0.2) is 0 Å². The van der Waals surface area contributed by atoms with Crippen LogP contribution in [0, 0.1) is 17.3 Å². The molecule has 0 spiro atoms. The summed E-state index contributed by atoms with van der Waals surface area (Å²) in [5.41, 5.74) is 0.344. The molecule has 2 rings (SSSR count). The highest BCUT2D eigenvalue weighted by molar-refractivity contribution is 5.84. The number of nitrogens with one attached hydrogen (secondary N) is 1. The molecule has 0 radical (unpaired) electrons. The van der Waals surface area contributed by atoms with Crippen LogP contribution in [0.3, 0.4) is 0 Å². The van der Waals surface area contributed by atoms with Crippen LogP contribution in [0.25, 0.3) is 0 Å². The molecule has 1 aliphatic carbocycles. The SMILES string of the molecule is CC(C)CC1NC(C(C)C)N(CC2(C)CCCC2)C1=O. The molecule has 116 valence electrons. The van der Waals surface area contributed by atoms with Gasteiger partial charge < -0.3 is 4.90 Å². The van der Waals surface area contributed by atoms with Gasteiger partial charge in [0.05, 0.1) is 12.2 Å². The first-order chi connectivity index (χ1) is 9.32. The zero-order valence-corrected chi connectivity index (χ0v) is 13.9. The minimum absolute atomic E-state index is 0.0346. The summed E-state index contributed by atoms with van der Waals surface area (Å²) in [5.74, 6) is 1.37. The van der Waals surface area contributed by atoms with Crippen LogP contribution in [-0.4, -0.2) is 29.6 Å². The molecule has 1 N–H and O–H groups in total. The maximum Gasteiger partial charge on any atom is 0.241 e. The van der Waals surface area contributed by atoms with E-state index in [4.69, 9.17) is 0 Å². The van der Waals surface area contributed by atoms with E-state index in [0.29, 0.717) is 23.2 Å². The Morgan fingerprint density at radius 1 is 1.25 bits per heavy atom. The van der Waals surface area contributed by atoms with Crippen LogP contribution in [0.5, 0.6) is 0 Å². The second-order valence-corrected chi connectivity index (χ2v) is 8.02. The first-order valence-corrected chi connectivity index (χ1v) is 8.39. The summed E-state index contributed by atoms with van der Waals surface area (Å²) in [5, 5.41) is 3.59. The molecule has 1 amide bonds. The lowest BCUT2D eigenvalue weighted by atomic mass is 9.87. The molecule has 0 bridgehead atoms. The van der Waals surface area contributed by atoms with Gasteiger partial charge in [0, 0.05) is 6.54 Å². The molecule has 2 fully saturated rings. The number of carbonyl (C=O) groups is 1. The highest BCUT2D eigenvalue weighted by Crippen LogP contribution is 2.39. The van der Waals surface area contributed by atoms with E-state index in [1.54, 1.807) is 0 Å². The predicted octanol–water partition coefficient (Wildman–Crippen LogP) is 3.40. The minimum atomic E-state index is 0.0346. The van der Waals surface area contributed by atoms with Crippen molar-refractivity contribution in [3.8, 4) is 0 Å². The summed E-state index contributed by atoms with van der Waals surface area (Å²) in [6, 6.07) is 0.0346. The lowest BCUT2D eigenvalue weighted by Crippen LogP contribution is -2.45. The minimum Gasteiger partial charge on any atom is -0.325 e. The Morgan fingerprint density at radius 3 is 2.35 bits per heavy atom. The van der Waals surface area contributed by atoms with Crippen molar-refractivity contribution in [1.82, 2.24) is 10.2 Å². The predicted molar refractivity (Wildman–Crippen MR) is 83.3 cm³/mol. The zero-order chi connectivity index (χ0) is 14.9. The normalized spacial score (nSPS) is 29.9. The van der Waals surface area contributed by atoms with E-state index in [1.165, 1.54) is 25.7 Å². The maximum atomic E-state index is 12.7. The third-order valence-electron chi connectivity index (χ3n) is 4.99. The van der Waals surface area contributed by atoms with Crippen molar-refractivity contribution < 1.29 is 4.79 Å². The summed E-state index contributed by atoms with van der Waals surface area (Å²) in [4.78, 5) is 14.9. The van der Waals surface area contributed by atoms with Gasteiger partial charge in [-0.3, -0.25) is 10.1 Å². The third kappa shape index (κ3) is 3.36. The van der Waals surface area contributed by atoms with Gasteiger partial charge in [-0.05, 0) is 36.5 Å². The van der Waals surface area contributed by atoms with Crippen LogP contribution in [0.4, 0.5) is 0 Å². The van der Waals surface area contributed by atoms with Crippen molar-refractivity contribution in [3.63, 3.8) is 0 Å². The van der Waals surface area contributed by atoms with E-state index in [1.807, 2.05) is 0 Å². The van der Waals surface area contributed by atoms with Gasteiger partial charge >= 0.3 is 0 Å². The van der Waals surface area contributed by atoms with E-state index >= 15 is 0 Å². The number of hydrogen-bond donors (Lipinski definition) is 1. The Kier molecular flexibility index (Phi) is 4.78. The lowest BCUT2D eigenvalue weighted by molar-refractivity contribution is -0.132. The fraction of sp³-hybridized carbons (Fsp3) is 0.941. The fourth-order valence-corrected chi connectivity index (χ4v) is 3.87. The monoisotopic (exact) mass is 280 g/mol. The molecule has 2 atom stereocenters. The Morgan fingerprint density at radius 2 is 1.85 bits per heavy atom. The molecule has 3 nitrogen and oxygen atoms in total. The van der Waals surface area contributed by atoms with Crippen molar-refractivity contribution >= 4 is 5.91 Å². The lowest BCUT2D eigenvalue weighted by Gasteiger charge is -2.34. The van der Waals surface area contributed by atoms with Crippen LogP contribution < -0.4 is 5.32 Å². The third-order valence-corrected chi connectivity index (χ3v) is 4.99. The quantitative estimate of drug-likeness (QED) is 0.837. The molecule has 1 aliphatic heterocycles. The van der Waals surface area contributed by atoms with Crippen molar-refractivity contribution in [2.24, 2.45) is 17.3 Å². The van der Waals surface area contributed by atoms with Crippen LogP contribution in [-0.2, 0) is 4.79 Å². The highest BCUT2D eigenvalue weighted by atomic mass is 16.2. The van der Waals surface area contributed by atoms with Crippen LogP contribution in [0.2, 0.25) is 0 Å². The molecule has 1 saturated carbocycles. The first kappa shape index (κ1) is 15.8. The Balaban J connectivity index is 2.09. The number of rotatable bonds is 5. The summed E-state index contributed by atoms with van der Waals surface area (Å²) >= 11 is 0. The summed E-state index contributed by atoms with van der Waals surface area (Å²) in [7, 11) is 0. The molecular weight excluding hydrogens is 248 g/mol. The van der Waals surface area contributed by atoms with Gasteiger partial charge in [0.1, 0.15) is 0 Å². The van der Waals surface area contributed by atoms with Crippen molar-refractivity contribution in [2.45, 2.75) is 78.9 Å². The van der Waals surface area contributed by atoms with E-state index in [0.717, 1.165) is 13.0 Å². The standard InChI is InChI=1S/C17H32N2O/c1-12(2)10-14-16(20)19(15(18-14)13(3)4)11-17(5)8-6-7-9-17/h12-15,18H,6-11H2,1-5H3. The number of carbonyl (C=O) groups excluding carboxylic acids is 1. The number of nitrogens with zero attached hydrogens (tertiary/aromatic N) is 1. The molecular formula is C17H32N2O. The first-order valence-electron chi connectivity index (χ1n) is 8.39. The van der Waals surface area contributed by atoms with Gasteiger partial charge in [-0.15, -0.1) is 0 Å². The number of amides is 1. The molecule has 3 heteroatoms.